The van der Waals surface area contributed by atoms with Crippen molar-refractivity contribution >= 4 is 15.5 Å². The maximum absolute atomic E-state index is 13.6. The van der Waals surface area contributed by atoms with Gasteiger partial charge in [0.15, 0.2) is 9.84 Å². The molecule has 0 spiro atoms. The van der Waals surface area contributed by atoms with Gasteiger partial charge in [-0.05, 0) is 42.5 Å². The second-order valence-corrected chi connectivity index (χ2v) is 11.4. The number of nitrogens with zero attached hydrogens (tertiary/aromatic N) is 2. The van der Waals surface area contributed by atoms with Crippen molar-refractivity contribution in [2.24, 2.45) is 17.8 Å². The summed E-state index contributed by atoms with van der Waals surface area (Å²) in [4.78, 5) is 5.01. The fourth-order valence-electron chi connectivity index (χ4n) is 5.57. The topological polar surface area (TPSA) is 40.6 Å². The summed E-state index contributed by atoms with van der Waals surface area (Å²) < 4.78 is 51.2. The standard InChI is InChI=1S/C24H28F2N2O2S/c1-31(29,30)20-9-5-8-19(14-20)27-10-11-28(23(16-27)18-6-3-2-4-7-18)15-17-12-21-22(13-17)24(21,25)26/h2-9,14,17,21-23H,10-13,15-16H2,1H3. The largest absolute Gasteiger partial charge is 0.368 e. The van der Waals surface area contributed by atoms with Crippen LogP contribution in [0.3, 0.4) is 0 Å². The van der Waals surface area contributed by atoms with E-state index in [0.29, 0.717) is 23.7 Å². The van der Waals surface area contributed by atoms with Crippen molar-refractivity contribution in [3.05, 3.63) is 60.2 Å². The lowest BCUT2D eigenvalue weighted by atomic mass is 9.97. The molecule has 3 unspecified atom stereocenters. The van der Waals surface area contributed by atoms with Crippen LogP contribution in [-0.4, -0.2) is 51.7 Å². The molecule has 0 aromatic heterocycles. The van der Waals surface area contributed by atoms with Crippen molar-refractivity contribution in [2.45, 2.75) is 29.7 Å². The van der Waals surface area contributed by atoms with Gasteiger partial charge in [0.1, 0.15) is 0 Å². The van der Waals surface area contributed by atoms with E-state index in [1.54, 1.807) is 18.2 Å². The second-order valence-electron chi connectivity index (χ2n) is 9.36. The van der Waals surface area contributed by atoms with Crippen LogP contribution in [0.1, 0.15) is 24.4 Å². The van der Waals surface area contributed by atoms with Crippen LogP contribution in [0.2, 0.25) is 0 Å². The number of hydrogen-bond donors (Lipinski definition) is 0. The molecule has 2 aliphatic carbocycles. The van der Waals surface area contributed by atoms with Crippen LogP contribution >= 0.6 is 0 Å². The molecule has 1 aliphatic heterocycles. The SMILES string of the molecule is CS(=O)(=O)c1cccc(N2CCN(CC3CC4C(C3)C4(F)F)C(c3ccccc3)C2)c1. The molecule has 4 nitrogen and oxygen atoms in total. The van der Waals surface area contributed by atoms with Gasteiger partial charge < -0.3 is 4.90 Å². The minimum absolute atomic E-state index is 0.147. The predicted molar refractivity (Wildman–Crippen MR) is 117 cm³/mol. The van der Waals surface area contributed by atoms with Crippen LogP contribution in [-0.2, 0) is 9.84 Å². The summed E-state index contributed by atoms with van der Waals surface area (Å²) in [5.74, 6) is -2.88. The number of rotatable bonds is 5. The quantitative estimate of drug-likeness (QED) is 0.689. The number of piperazine rings is 1. The van der Waals surface area contributed by atoms with Crippen molar-refractivity contribution < 1.29 is 17.2 Å². The van der Waals surface area contributed by atoms with E-state index in [-0.39, 0.29) is 6.04 Å². The van der Waals surface area contributed by atoms with E-state index < -0.39 is 27.6 Å². The lowest BCUT2D eigenvalue weighted by Gasteiger charge is -2.44. The predicted octanol–water partition coefficient (Wildman–Crippen LogP) is 4.24. The maximum Gasteiger partial charge on any atom is 0.254 e. The summed E-state index contributed by atoms with van der Waals surface area (Å²) in [6.45, 7) is 3.20. The molecule has 0 amide bonds. The van der Waals surface area contributed by atoms with E-state index in [9.17, 15) is 17.2 Å². The first-order valence-electron chi connectivity index (χ1n) is 11.0. The molecule has 31 heavy (non-hydrogen) atoms. The van der Waals surface area contributed by atoms with Crippen LogP contribution in [0.25, 0.3) is 0 Å². The number of benzene rings is 2. The minimum atomic E-state index is -3.27. The normalized spacial score (nSPS) is 30.2. The Bertz CT molecular complexity index is 1050. The van der Waals surface area contributed by atoms with Crippen LogP contribution in [0.5, 0.6) is 0 Å². The van der Waals surface area contributed by atoms with Gasteiger partial charge in [-0.15, -0.1) is 0 Å². The Balaban J connectivity index is 1.35. The molecule has 2 aromatic rings. The summed E-state index contributed by atoms with van der Waals surface area (Å²) >= 11 is 0. The van der Waals surface area contributed by atoms with Gasteiger partial charge >= 0.3 is 0 Å². The van der Waals surface area contributed by atoms with E-state index in [2.05, 4.69) is 21.9 Å². The van der Waals surface area contributed by atoms with E-state index in [4.69, 9.17) is 0 Å². The van der Waals surface area contributed by atoms with E-state index in [0.717, 1.165) is 31.9 Å². The highest BCUT2D eigenvalue weighted by atomic mass is 32.2. The molecular formula is C24H28F2N2O2S. The fourth-order valence-corrected chi connectivity index (χ4v) is 6.23. The number of hydrogen-bond acceptors (Lipinski definition) is 4. The van der Waals surface area contributed by atoms with Crippen molar-refractivity contribution in [1.82, 2.24) is 4.90 Å². The molecule has 3 fully saturated rings. The van der Waals surface area contributed by atoms with E-state index in [1.165, 1.54) is 11.8 Å². The van der Waals surface area contributed by atoms with Crippen LogP contribution < -0.4 is 4.90 Å². The highest BCUT2D eigenvalue weighted by Crippen LogP contribution is 2.65. The van der Waals surface area contributed by atoms with Gasteiger partial charge in [0.25, 0.3) is 5.92 Å². The minimum Gasteiger partial charge on any atom is -0.368 e. The Morgan fingerprint density at radius 3 is 2.39 bits per heavy atom. The highest BCUT2D eigenvalue weighted by Gasteiger charge is 2.71. The van der Waals surface area contributed by atoms with E-state index >= 15 is 0 Å². The monoisotopic (exact) mass is 446 g/mol. The average Bonchev–Trinajstić information content (AvgIpc) is 3.06. The van der Waals surface area contributed by atoms with Crippen LogP contribution in [0.15, 0.2) is 59.5 Å². The zero-order valence-corrected chi connectivity index (χ0v) is 18.4. The first-order valence-corrected chi connectivity index (χ1v) is 12.8. The lowest BCUT2D eigenvalue weighted by molar-refractivity contribution is 0.0546. The molecule has 3 atom stereocenters. The summed E-state index contributed by atoms with van der Waals surface area (Å²) in [5.41, 5.74) is 2.12. The van der Waals surface area contributed by atoms with E-state index in [1.807, 2.05) is 24.3 Å². The van der Waals surface area contributed by atoms with Gasteiger partial charge in [0, 0.05) is 50.0 Å². The molecular weight excluding hydrogens is 418 g/mol. The molecule has 0 bridgehead atoms. The average molecular weight is 447 g/mol. The molecule has 7 heteroatoms. The van der Waals surface area contributed by atoms with Gasteiger partial charge in [-0.1, -0.05) is 36.4 Å². The Morgan fingerprint density at radius 2 is 1.71 bits per heavy atom. The Kier molecular flexibility index (Phi) is 5.09. The summed E-state index contributed by atoms with van der Waals surface area (Å²) in [6.07, 6.45) is 2.50. The molecule has 1 heterocycles. The number of alkyl halides is 2. The number of sulfone groups is 1. The van der Waals surface area contributed by atoms with Gasteiger partial charge in [0.05, 0.1) is 10.9 Å². The Hall–Kier alpha value is -1.99. The molecule has 0 N–H and O–H groups in total. The van der Waals surface area contributed by atoms with Crippen molar-refractivity contribution in [2.75, 3.05) is 37.3 Å². The molecule has 166 valence electrons. The zero-order valence-electron chi connectivity index (χ0n) is 17.6. The fraction of sp³-hybridized carbons (Fsp3) is 0.500. The van der Waals surface area contributed by atoms with Crippen molar-refractivity contribution in [1.29, 1.82) is 0 Å². The molecule has 3 aliphatic rings. The third-order valence-corrected chi connectivity index (χ3v) is 8.43. The third kappa shape index (κ3) is 3.98. The van der Waals surface area contributed by atoms with Crippen LogP contribution in [0.4, 0.5) is 14.5 Å². The van der Waals surface area contributed by atoms with Gasteiger partial charge in [-0.25, -0.2) is 17.2 Å². The summed E-state index contributed by atoms with van der Waals surface area (Å²) in [6, 6.07) is 17.6. The smallest absolute Gasteiger partial charge is 0.254 e. The molecule has 0 radical (unpaired) electrons. The number of anilines is 1. The Labute approximate surface area is 182 Å². The van der Waals surface area contributed by atoms with Gasteiger partial charge in [-0.3, -0.25) is 4.90 Å². The zero-order chi connectivity index (χ0) is 21.8. The second kappa shape index (κ2) is 7.55. The number of halogens is 2. The van der Waals surface area contributed by atoms with Crippen LogP contribution in [0, 0.1) is 17.8 Å². The third-order valence-electron chi connectivity index (χ3n) is 7.32. The molecule has 1 saturated heterocycles. The highest BCUT2D eigenvalue weighted by molar-refractivity contribution is 7.90. The van der Waals surface area contributed by atoms with Gasteiger partial charge in [0.2, 0.25) is 0 Å². The summed E-state index contributed by atoms with van der Waals surface area (Å²) in [5, 5.41) is 0. The first kappa shape index (κ1) is 20.9. The maximum atomic E-state index is 13.6. The first-order chi connectivity index (χ1) is 14.7. The van der Waals surface area contributed by atoms with Crippen molar-refractivity contribution in [3.63, 3.8) is 0 Å². The summed E-state index contributed by atoms with van der Waals surface area (Å²) in [7, 11) is -3.27. The molecule has 5 rings (SSSR count). The Morgan fingerprint density at radius 1 is 1.00 bits per heavy atom. The molecule has 2 aromatic carbocycles. The molecule has 2 saturated carbocycles. The lowest BCUT2D eigenvalue weighted by Crippen LogP contribution is -2.49. The van der Waals surface area contributed by atoms with Crippen molar-refractivity contribution in [3.8, 4) is 0 Å². The van der Waals surface area contributed by atoms with Gasteiger partial charge in [-0.2, -0.15) is 0 Å². The number of fused-ring (bicyclic) bond motifs is 1.